The fraction of sp³-hybridized carbons (Fsp3) is 0.500. The molecule has 0 bridgehead atoms. The van der Waals surface area contributed by atoms with Gasteiger partial charge < -0.3 is 5.32 Å². The lowest BCUT2D eigenvalue weighted by Gasteiger charge is -2.26. The molecule has 1 atom stereocenters. The largest absolute Gasteiger partial charge is 0.309 e. The Labute approximate surface area is 104 Å². The monoisotopic (exact) mass is 285 g/mol. The van der Waals surface area contributed by atoms with Gasteiger partial charge in [-0.15, -0.1) is 0 Å². The Kier molecular flexibility index (Phi) is 4.12. The zero-order valence-electron chi connectivity index (χ0n) is 8.92. The molecule has 0 saturated carbocycles. The van der Waals surface area contributed by atoms with Crippen molar-refractivity contribution in [3.63, 3.8) is 0 Å². The van der Waals surface area contributed by atoms with Crippen LogP contribution in [0.25, 0.3) is 0 Å². The molecule has 1 aromatic rings. The number of hydrogen-bond donors (Lipinski definition) is 1. The molecule has 1 N–H and O–H groups in total. The van der Waals surface area contributed by atoms with Crippen molar-refractivity contribution in [2.45, 2.75) is 25.1 Å². The van der Waals surface area contributed by atoms with E-state index in [4.69, 9.17) is 0 Å². The first-order valence-corrected chi connectivity index (χ1v) is 7.36. The van der Waals surface area contributed by atoms with Crippen molar-refractivity contribution in [2.24, 2.45) is 0 Å². The molecular formula is C12H16BrNS. The highest BCUT2D eigenvalue weighted by molar-refractivity contribution is 9.10. The third-order valence-corrected chi connectivity index (χ3v) is 4.51. The van der Waals surface area contributed by atoms with Gasteiger partial charge in [-0.3, -0.25) is 0 Å². The molecular weight excluding hydrogens is 270 g/mol. The highest BCUT2D eigenvalue weighted by atomic mass is 79.9. The summed E-state index contributed by atoms with van der Waals surface area (Å²) >= 11 is 5.65. The van der Waals surface area contributed by atoms with Crippen LogP contribution in [-0.4, -0.2) is 12.3 Å². The smallest absolute Gasteiger partial charge is 0.0415 e. The standard InChI is InChI=1S/C12H16BrNS/c1-2-6-14-12-8-15-7-10-9(12)4-3-5-11(10)13/h3-5,12,14H,2,6-8H2,1H3. The van der Waals surface area contributed by atoms with Crippen molar-refractivity contribution >= 4 is 27.7 Å². The Morgan fingerprint density at radius 3 is 3.20 bits per heavy atom. The quantitative estimate of drug-likeness (QED) is 0.908. The summed E-state index contributed by atoms with van der Waals surface area (Å²) in [6.45, 7) is 3.32. The van der Waals surface area contributed by atoms with E-state index in [9.17, 15) is 0 Å². The molecule has 0 spiro atoms. The zero-order chi connectivity index (χ0) is 10.7. The minimum Gasteiger partial charge on any atom is -0.309 e. The van der Waals surface area contributed by atoms with Gasteiger partial charge in [-0.2, -0.15) is 11.8 Å². The Bertz CT molecular complexity index is 340. The number of benzene rings is 1. The molecule has 0 fully saturated rings. The van der Waals surface area contributed by atoms with E-state index in [0.717, 1.165) is 12.3 Å². The maximum atomic E-state index is 3.64. The molecule has 82 valence electrons. The van der Waals surface area contributed by atoms with Crippen LogP contribution in [0.2, 0.25) is 0 Å². The maximum absolute atomic E-state index is 3.64. The average molecular weight is 286 g/mol. The van der Waals surface area contributed by atoms with Gasteiger partial charge in [0, 0.05) is 22.0 Å². The third kappa shape index (κ3) is 2.58. The van der Waals surface area contributed by atoms with E-state index >= 15 is 0 Å². The predicted octanol–water partition coefficient (Wildman–Crippen LogP) is 3.74. The number of thioether (sulfide) groups is 1. The van der Waals surface area contributed by atoms with E-state index < -0.39 is 0 Å². The molecule has 15 heavy (non-hydrogen) atoms. The van der Waals surface area contributed by atoms with E-state index in [1.54, 1.807) is 0 Å². The minimum atomic E-state index is 0.538. The van der Waals surface area contributed by atoms with Crippen LogP contribution in [0.15, 0.2) is 22.7 Å². The molecule has 1 unspecified atom stereocenters. The summed E-state index contributed by atoms with van der Waals surface area (Å²) in [7, 11) is 0. The van der Waals surface area contributed by atoms with Crippen LogP contribution >= 0.6 is 27.7 Å². The number of rotatable bonds is 3. The van der Waals surface area contributed by atoms with Crippen LogP contribution in [0.5, 0.6) is 0 Å². The number of halogens is 1. The van der Waals surface area contributed by atoms with Gasteiger partial charge in [-0.05, 0) is 30.2 Å². The van der Waals surface area contributed by atoms with Gasteiger partial charge >= 0.3 is 0 Å². The van der Waals surface area contributed by atoms with Gasteiger partial charge in [0.15, 0.2) is 0 Å². The first kappa shape index (κ1) is 11.5. The van der Waals surface area contributed by atoms with Gasteiger partial charge in [-0.1, -0.05) is 35.0 Å². The van der Waals surface area contributed by atoms with Crippen molar-refractivity contribution in [3.8, 4) is 0 Å². The zero-order valence-corrected chi connectivity index (χ0v) is 11.3. The van der Waals surface area contributed by atoms with E-state index in [2.05, 4.69) is 46.4 Å². The summed E-state index contributed by atoms with van der Waals surface area (Å²) < 4.78 is 1.26. The molecule has 3 heteroatoms. The Morgan fingerprint density at radius 1 is 1.53 bits per heavy atom. The molecule has 1 aliphatic heterocycles. The van der Waals surface area contributed by atoms with Gasteiger partial charge in [0.2, 0.25) is 0 Å². The molecule has 0 aromatic heterocycles. The molecule has 0 aliphatic carbocycles. The molecule has 0 amide bonds. The van der Waals surface area contributed by atoms with Crippen molar-refractivity contribution in [1.29, 1.82) is 0 Å². The van der Waals surface area contributed by atoms with Crippen molar-refractivity contribution in [2.75, 3.05) is 12.3 Å². The Morgan fingerprint density at radius 2 is 2.40 bits per heavy atom. The van der Waals surface area contributed by atoms with E-state index in [1.165, 1.54) is 27.8 Å². The first-order valence-electron chi connectivity index (χ1n) is 5.41. The third-order valence-electron chi connectivity index (χ3n) is 2.70. The van der Waals surface area contributed by atoms with Crippen molar-refractivity contribution in [3.05, 3.63) is 33.8 Å². The summed E-state index contributed by atoms with van der Waals surface area (Å²) in [5.41, 5.74) is 2.96. The fourth-order valence-electron chi connectivity index (χ4n) is 1.91. The lowest BCUT2D eigenvalue weighted by Crippen LogP contribution is -2.27. The Balaban J connectivity index is 2.22. The number of fused-ring (bicyclic) bond motifs is 1. The summed E-state index contributed by atoms with van der Waals surface area (Å²) in [6, 6.07) is 7.07. The number of nitrogens with one attached hydrogen (secondary N) is 1. The second kappa shape index (κ2) is 5.37. The van der Waals surface area contributed by atoms with Crippen LogP contribution in [0.1, 0.15) is 30.5 Å². The van der Waals surface area contributed by atoms with E-state index in [0.29, 0.717) is 6.04 Å². The molecule has 1 aliphatic rings. The van der Waals surface area contributed by atoms with Crippen LogP contribution < -0.4 is 5.32 Å². The SMILES string of the molecule is CCCNC1CSCc2c(Br)cccc21. The Hall–Kier alpha value is 0.0100. The van der Waals surface area contributed by atoms with Crippen LogP contribution in [0, 0.1) is 0 Å². The topological polar surface area (TPSA) is 12.0 Å². The second-order valence-corrected chi connectivity index (χ2v) is 5.71. The summed E-state index contributed by atoms with van der Waals surface area (Å²) in [6.07, 6.45) is 1.20. The minimum absolute atomic E-state index is 0.538. The lowest BCUT2D eigenvalue weighted by molar-refractivity contribution is 0.571. The predicted molar refractivity (Wildman–Crippen MR) is 71.3 cm³/mol. The van der Waals surface area contributed by atoms with E-state index in [-0.39, 0.29) is 0 Å². The van der Waals surface area contributed by atoms with Gasteiger partial charge in [0.05, 0.1) is 0 Å². The fourth-order valence-corrected chi connectivity index (χ4v) is 3.79. The summed E-state index contributed by atoms with van der Waals surface area (Å²) in [5.74, 6) is 2.34. The van der Waals surface area contributed by atoms with Crippen LogP contribution in [0.4, 0.5) is 0 Å². The molecule has 1 aromatic carbocycles. The first-order chi connectivity index (χ1) is 7.33. The van der Waals surface area contributed by atoms with Gasteiger partial charge in [-0.25, -0.2) is 0 Å². The number of hydrogen-bond acceptors (Lipinski definition) is 2. The molecule has 0 saturated heterocycles. The molecule has 0 radical (unpaired) electrons. The summed E-state index contributed by atoms with van der Waals surface area (Å²) in [4.78, 5) is 0. The van der Waals surface area contributed by atoms with Crippen molar-refractivity contribution in [1.82, 2.24) is 5.32 Å². The highest BCUT2D eigenvalue weighted by Gasteiger charge is 2.20. The normalized spacial score (nSPS) is 20.0. The van der Waals surface area contributed by atoms with Gasteiger partial charge in [0.1, 0.15) is 0 Å². The van der Waals surface area contributed by atoms with Crippen molar-refractivity contribution < 1.29 is 0 Å². The molecule has 1 heterocycles. The molecule has 2 rings (SSSR count). The highest BCUT2D eigenvalue weighted by Crippen LogP contribution is 2.35. The maximum Gasteiger partial charge on any atom is 0.0415 e. The lowest BCUT2D eigenvalue weighted by atomic mass is 10.0. The van der Waals surface area contributed by atoms with Crippen LogP contribution in [-0.2, 0) is 5.75 Å². The second-order valence-electron chi connectivity index (χ2n) is 3.83. The van der Waals surface area contributed by atoms with Gasteiger partial charge in [0.25, 0.3) is 0 Å². The summed E-state index contributed by atoms with van der Waals surface area (Å²) in [5, 5.41) is 3.61. The molecule has 1 nitrogen and oxygen atoms in total. The van der Waals surface area contributed by atoms with Crippen LogP contribution in [0.3, 0.4) is 0 Å². The van der Waals surface area contributed by atoms with E-state index in [1.807, 2.05) is 11.8 Å². The average Bonchev–Trinajstić information content (AvgIpc) is 2.27.